The minimum Gasteiger partial charge on any atom is -0.117 e. The summed E-state index contributed by atoms with van der Waals surface area (Å²) >= 11 is 5.99. The second kappa shape index (κ2) is 3.62. The monoisotopic (exact) mass is 154 g/mol. The van der Waals surface area contributed by atoms with E-state index in [0.717, 1.165) is 6.42 Å². The standard InChI is InChI=1S/C9H11Cl/c1-2-5-8-6-3-4-7-9(8)10/h2-6,9H,7H2,1H3/b5-2-. The van der Waals surface area contributed by atoms with Crippen LogP contribution in [-0.4, -0.2) is 5.38 Å². The van der Waals surface area contributed by atoms with Gasteiger partial charge in [0.25, 0.3) is 0 Å². The summed E-state index contributed by atoms with van der Waals surface area (Å²) in [6, 6.07) is 0. The first-order valence-electron chi connectivity index (χ1n) is 3.48. The average Bonchev–Trinajstić information content (AvgIpc) is 1.94. The van der Waals surface area contributed by atoms with E-state index in [1.54, 1.807) is 0 Å². The third-order valence-corrected chi connectivity index (χ3v) is 1.92. The van der Waals surface area contributed by atoms with Gasteiger partial charge in [0.05, 0.1) is 5.38 Å². The summed E-state index contributed by atoms with van der Waals surface area (Å²) in [7, 11) is 0. The number of allylic oxidation sites excluding steroid dienone is 6. The Kier molecular flexibility index (Phi) is 2.76. The molecule has 0 aromatic heterocycles. The summed E-state index contributed by atoms with van der Waals surface area (Å²) in [6.07, 6.45) is 11.2. The van der Waals surface area contributed by atoms with Crippen LogP contribution in [0.4, 0.5) is 0 Å². The third kappa shape index (κ3) is 1.74. The van der Waals surface area contributed by atoms with Crippen LogP contribution in [0.3, 0.4) is 0 Å². The van der Waals surface area contributed by atoms with Crippen molar-refractivity contribution in [2.45, 2.75) is 18.7 Å². The predicted octanol–water partition coefficient (Wildman–Crippen LogP) is 3.06. The van der Waals surface area contributed by atoms with Crippen molar-refractivity contribution in [3.63, 3.8) is 0 Å². The molecule has 0 radical (unpaired) electrons. The molecule has 0 aromatic carbocycles. The molecule has 1 aliphatic carbocycles. The number of alkyl halides is 1. The molecular formula is C9H11Cl. The van der Waals surface area contributed by atoms with Crippen LogP contribution in [0.1, 0.15) is 13.3 Å². The van der Waals surface area contributed by atoms with Gasteiger partial charge in [-0.25, -0.2) is 0 Å². The Morgan fingerprint density at radius 2 is 2.50 bits per heavy atom. The van der Waals surface area contributed by atoms with Crippen LogP contribution in [0.5, 0.6) is 0 Å². The molecule has 0 fully saturated rings. The Balaban J connectivity index is 2.70. The molecule has 0 aromatic rings. The van der Waals surface area contributed by atoms with E-state index in [9.17, 15) is 0 Å². The zero-order chi connectivity index (χ0) is 7.40. The molecule has 1 heteroatoms. The summed E-state index contributed by atoms with van der Waals surface area (Å²) in [5, 5.41) is 0.182. The van der Waals surface area contributed by atoms with Crippen molar-refractivity contribution in [2.75, 3.05) is 0 Å². The smallest absolute Gasteiger partial charge is 0.0619 e. The molecule has 0 saturated heterocycles. The van der Waals surface area contributed by atoms with Crippen molar-refractivity contribution in [3.05, 3.63) is 36.0 Å². The number of rotatable bonds is 1. The minimum absolute atomic E-state index is 0.182. The predicted molar refractivity (Wildman–Crippen MR) is 46.3 cm³/mol. The Bertz CT molecular complexity index is 187. The molecule has 0 saturated carbocycles. The average molecular weight is 155 g/mol. The molecule has 0 heterocycles. The summed E-state index contributed by atoms with van der Waals surface area (Å²) in [6.45, 7) is 2.00. The summed E-state index contributed by atoms with van der Waals surface area (Å²) in [5.41, 5.74) is 1.21. The first-order chi connectivity index (χ1) is 4.84. The maximum Gasteiger partial charge on any atom is 0.0619 e. The van der Waals surface area contributed by atoms with Gasteiger partial charge in [0.2, 0.25) is 0 Å². The number of hydrogen-bond acceptors (Lipinski definition) is 0. The Hall–Kier alpha value is -0.490. The van der Waals surface area contributed by atoms with Crippen molar-refractivity contribution in [3.8, 4) is 0 Å². The minimum atomic E-state index is 0.182. The van der Waals surface area contributed by atoms with Crippen LogP contribution in [-0.2, 0) is 0 Å². The fourth-order valence-electron chi connectivity index (χ4n) is 0.970. The van der Waals surface area contributed by atoms with E-state index < -0.39 is 0 Å². The Morgan fingerprint density at radius 3 is 3.10 bits per heavy atom. The molecule has 54 valence electrons. The van der Waals surface area contributed by atoms with Gasteiger partial charge in [-0.3, -0.25) is 0 Å². The van der Waals surface area contributed by atoms with Crippen LogP contribution >= 0.6 is 11.6 Å². The maximum absolute atomic E-state index is 5.99. The van der Waals surface area contributed by atoms with Gasteiger partial charge in [0, 0.05) is 0 Å². The van der Waals surface area contributed by atoms with E-state index in [1.807, 2.05) is 19.1 Å². The lowest BCUT2D eigenvalue weighted by Gasteiger charge is -2.10. The van der Waals surface area contributed by atoms with Crippen LogP contribution in [0.2, 0.25) is 0 Å². The molecule has 0 N–H and O–H groups in total. The van der Waals surface area contributed by atoms with E-state index in [1.165, 1.54) is 5.57 Å². The molecule has 1 aliphatic rings. The van der Waals surface area contributed by atoms with Gasteiger partial charge in [0.15, 0.2) is 0 Å². The fraction of sp³-hybridized carbons (Fsp3) is 0.333. The second-order valence-corrected chi connectivity index (χ2v) is 2.82. The highest BCUT2D eigenvalue weighted by atomic mass is 35.5. The SMILES string of the molecule is C/C=C\C1=CC=CCC1Cl. The first kappa shape index (κ1) is 7.62. The van der Waals surface area contributed by atoms with Crippen LogP contribution in [0.25, 0.3) is 0 Å². The van der Waals surface area contributed by atoms with Crippen molar-refractivity contribution < 1.29 is 0 Å². The summed E-state index contributed by atoms with van der Waals surface area (Å²) in [5.74, 6) is 0. The van der Waals surface area contributed by atoms with Gasteiger partial charge in [-0.05, 0) is 18.9 Å². The van der Waals surface area contributed by atoms with E-state index in [4.69, 9.17) is 11.6 Å². The highest BCUT2D eigenvalue weighted by Crippen LogP contribution is 2.19. The normalized spacial score (nSPS) is 25.4. The molecule has 1 atom stereocenters. The summed E-state index contributed by atoms with van der Waals surface area (Å²) < 4.78 is 0. The van der Waals surface area contributed by atoms with Gasteiger partial charge >= 0.3 is 0 Å². The Labute approximate surface area is 66.9 Å². The quantitative estimate of drug-likeness (QED) is 0.510. The number of halogens is 1. The highest BCUT2D eigenvalue weighted by molar-refractivity contribution is 6.22. The molecule has 0 spiro atoms. The summed E-state index contributed by atoms with van der Waals surface area (Å²) in [4.78, 5) is 0. The Morgan fingerprint density at radius 1 is 1.70 bits per heavy atom. The lowest BCUT2D eigenvalue weighted by molar-refractivity contribution is 0.999. The zero-order valence-corrected chi connectivity index (χ0v) is 6.81. The van der Waals surface area contributed by atoms with Crippen LogP contribution in [0.15, 0.2) is 36.0 Å². The van der Waals surface area contributed by atoms with E-state index >= 15 is 0 Å². The largest absolute Gasteiger partial charge is 0.117 e. The van der Waals surface area contributed by atoms with Crippen molar-refractivity contribution in [1.82, 2.24) is 0 Å². The highest BCUT2D eigenvalue weighted by Gasteiger charge is 2.07. The molecule has 10 heavy (non-hydrogen) atoms. The van der Waals surface area contributed by atoms with Crippen molar-refractivity contribution in [1.29, 1.82) is 0 Å². The first-order valence-corrected chi connectivity index (χ1v) is 3.91. The third-order valence-electron chi connectivity index (χ3n) is 1.49. The molecule has 1 unspecified atom stereocenters. The van der Waals surface area contributed by atoms with E-state index in [0.29, 0.717) is 0 Å². The molecular weight excluding hydrogens is 144 g/mol. The van der Waals surface area contributed by atoms with Crippen LogP contribution < -0.4 is 0 Å². The molecule has 0 nitrogen and oxygen atoms in total. The van der Waals surface area contributed by atoms with Gasteiger partial charge in [-0.1, -0.05) is 30.4 Å². The van der Waals surface area contributed by atoms with Gasteiger partial charge in [-0.15, -0.1) is 11.6 Å². The second-order valence-electron chi connectivity index (χ2n) is 2.30. The fourth-order valence-corrected chi connectivity index (χ4v) is 1.22. The van der Waals surface area contributed by atoms with Crippen molar-refractivity contribution in [2.24, 2.45) is 0 Å². The molecule has 0 amide bonds. The van der Waals surface area contributed by atoms with Crippen LogP contribution in [0, 0.1) is 0 Å². The lowest BCUT2D eigenvalue weighted by atomic mass is 10.0. The molecule has 0 aliphatic heterocycles. The van der Waals surface area contributed by atoms with Gasteiger partial charge in [-0.2, -0.15) is 0 Å². The lowest BCUT2D eigenvalue weighted by Crippen LogP contribution is -2.01. The van der Waals surface area contributed by atoms with E-state index in [2.05, 4.69) is 18.2 Å². The topological polar surface area (TPSA) is 0 Å². The van der Waals surface area contributed by atoms with Gasteiger partial charge < -0.3 is 0 Å². The maximum atomic E-state index is 5.99. The number of hydrogen-bond donors (Lipinski definition) is 0. The zero-order valence-electron chi connectivity index (χ0n) is 6.05. The van der Waals surface area contributed by atoms with E-state index in [-0.39, 0.29) is 5.38 Å². The van der Waals surface area contributed by atoms with Crippen molar-refractivity contribution >= 4 is 11.6 Å². The molecule has 1 rings (SSSR count). The molecule has 0 bridgehead atoms. The van der Waals surface area contributed by atoms with Gasteiger partial charge in [0.1, 0.15) is 0 Å².